The van der Waals surface area contributed by atoms with Gasteiger partial charge in [-0.3, -0.25) is 9.59 Å². The van der Waals surface area contributed by atoms with Crippen LogP contribution in [0.2, 0.25) is 0 Å². The fourth-order valence-electron chi connectivity index (χ4n) is 2.84. The smallest absolute Gasteiger partial charge is 0.231 e. The van der Waals surface area contributed by atoms with Crippen molar-refractivity contribution in [3.05, 3.63) is 29.8 Å². The number of amides is 2. The van der Waals surface area contributed by atoms with Crippen LogP contribution in [-0.2, 0) is 14.3 Å². The molecule has 1 aliphatic rings. The first-order valence-electron chi connectivity index (χ1n) is 8.79. The molecule has 27 heavy (non-hydrogen) atoms. The van der Waals surface area contributed by atoms with Crippen molar-refractivity contribution in [1.29, 1.82) is 0 Å². The Hall–Kier alpha value is -1.97. The summed E-state index contributed by atoms with van der Waals surface area (Å²) in [4.78, 5) is 26.6. The standard InChI is InChI=1S/C18H22N4O3S2/c1-3-25-8-9-26-18-21-20-17(27-18)19-16(24)13-10-15(23)22(11-13)14-7-5-4-6-12(14)2/h4-7,13H,3,8-11H2,1-2H3,(H,19,20,24)/t13-/m0/s1. The zero-order chi connectivity index (χ0) is 19.2. The van der Waals surface area contributed by atoms with Gasteiger partial charge in [-0.2, -0.15) is 0 Å². The van der Waals surface area contributed by atoms with Gasteiger partial charge in [0.25, 0.3) is 0 Å². The van der Waals surface area contributed by atoms with E-state index in [9.17, 15) is 9.59 Å². The number of nitrogens with zero attached hydrogens (tertiary/aromatic N) is 3. The molecule has 0 radical (unpaired) electrons. The van der Waals surface area contributed by atoms with E-state index < -0.39 is 5.92 Å². The van der Waals surface area contributed by atoms with Gasteiger partial charge in [0.05, 0.1) is 12.5 Å². The van der Waals surface area contributed by atoms with E-state index >= 15 is 0 Å². The molecule has 0 spiro atoms. The normalized spacial score (nSPS) is 16.7. The van der Waals surface area contributed by atoms with E-state index in [-0.39, 0.29) is 18.2 Å². The summed E-state index contributed by atoms with van der Waals surface area (Å²) < 4.78 is 6.07. The third-order valence-corrected chi connectivity index (χ3v) is 6.13. The summed E-state index contributed by atoms with van der Waals surface area (Å²) in [5.41, 5.74) is 1.88. The van der Waals surface area contributed by atoms with Gasteiger partial charge in [0.15, 0.2) is 4.34 Å². The Bertz CT molecular complexity index is 811. The molecule has 0 bridgehead atoms. The predicted molar refractivity (Wildman–Crippen MR) is 107 cm³/mol. The number of hydrogen-bond acceptors (Lipinski definition) is 7. The lowest BCUT2D eigenvalue weighted by Crippen LogP contribution is -2.28. The molecular formula is C18H22N4O3S2. The Morgan fingerprint density at radius 2 is 2.22 bits per heavy atom. The predicted octanol–water partition coefficient (Wildman–Crippen LogP) is 2.97. The molecule has 1 saturated heterocycles. The zero-order valence-electron chi connectivity index (χ0n) is 15.3. The second-order valence-electron chi connectivity index (χ2n) is 6.10. The van der Waals surface area contributed by atoms with Crippen LogP contribution in [0.5, 0.6) is 0 Å². The number of nitrogens with one attached hydrogen (secondary N) is 1. The molecular weight excluding hydrogens is 384 g/mol. The number of carbonyl (C=O) groups excluding carboxylic acids is 2. The maximum absolute atomic E-state index is 12.6. The van der Waals surface area contributed by atoms with E-state index in [0.717, 1.165) is 21.3 Å². The monoisotopic (exact) mass is 406 g/mol. The molecule has 9 heteroatoms. The van der Waals surface area contributed by atoms with Crippen molar-refractivity contribution in [3.8, 4) is 0 Å². The van der Waals surface area contributed by atoms with Crippen molar-refractivity contribution < 1.29 is 14.3 Å². The number of rotatable bonds is 8. The number of thioether (sulfide) groups is 1. The lowest BCUT2D eigenvalue weighted by Gasteiger charge is -2.18. The van der Waals surface area contributed by atoms with Crippen LogP contribution in [0.4, 0.5) is 10.8 Å². The number of benzene rings is 1. The van der Waals surface area contributed by atoms with Gasteiger partial charge in [-0.1, -0.05) is 41.3 Å². The minimum Gasteiger partial charge on any atom is -0.381 e. The molecule has 7 nitrogen and oxygen atoms in total. The molecule has 0 saturated carbocycles. The van der Waals surface area contributed by atoms with Crippen molar-refractivity contribution in [1.82, 2.24) is 10.2 Å². The highest BCUT2D eigenvalue weighted by atomic mass is 32.2. The molecule has 1 N–H and O–H groups in total. The van der Waals surface area contributed by atoms with Gasteiger partial charge >= 0.3 is 0 Å². The maximum atomic E-state index is 12.6. The molecule has 2 amide bonds. The number of anilines is 2. The Morgan fingerprint density at radius 1 is 1.41 bits per heavy atom. The summed E-state index contributed by atoms with van der Waals surface area (Å²) in [5, 5.41) is 11.3. The van der Waals surface area contributed by atoms with E-state index in [1.807, 2.05) is 38.1 Å². The van der Waals surface area contributed by atoms with Gasteiger partial charge in [0.1, 0.15) is 0 Å². The highest BCUT2D eigenvalue weighted by Gasteiger charge is 2.35. The molecule has 0 unspecified atom stereocenters. The molecule has 1 aliphatic heterocycles. The third kappa shape index (κ3) is 5.06. The van der Waals surface area contributed by atoms with Crippen LogP contribution in [0.25, 0.3) is 0 Å². The van der Waals surface area contributed by atoms with E-state index in [1.54, 1.807) is 16.7 Å². The van der Waals surface area contributed by atoms with E-state index in [2.05, 4.69) is 15.5 Å². The van der Waals surface area contributed by atoms with Gasteiger partial charge in [-0.15, -0.1) is 10.2 Å². The first-order valence-corrected chi connectivity index (χ1v) is 10.6. The fourth-order valence-corrected chi connectivity index (χ4v) is 4.52. The molecule has 144 valence electrons. The Labute approximate surface area is 166 Å². The minimum absolute atomic E-state index is 0.0334. The first-order chi connectivity index (χ1) is 13.1. The molecule has 1 aromatic carbocycles. The molecule has 2 aromatic rings. The van der Waals surface area contributed by atoms with Crippen LogP contribution in [-0.4, -0.2) is 47.5 Å². The number of ether oxygens (including phenoxy) is 1. The van der Waals surface area contributed by atoms with Gasteiger partial charge in [-0.05, 0) is 25.5 Å². The number of carbonyl (C=O) groups is 2. The quantitative estimate of drug-likeness (QED) is 0.412. The summed E-state index contributed by atoms with van der Waals surface area (Å²) in [5.74, 6) is 0.171. The van der Waals surface area contributed by atoms with Crippen molar-refractivity contribution in [3.63, 3.8) is 0 Å². The summed E-state index contributed by atoms with van der Waals surface area (Å²) in [6, 6.07) is 7.70. The summed E-state index contributed by atoms with van der Waals surface area (Å²) in [6.45, 7) is 5.64. The second-order valence-corrected chi connectivity index (χ2v) is 8.42. The lowest BCUT2D eigenvalue weighted by molar-refractivity contribution is -0.122. The molecule has 1 fully saturated rings. The van der Waals surface area contributed by atoms with Crippen molar-refractivity contribution in [2.75, 3.05) is 35.7 Å². The van der Waals surface area contributed by atoms with Crippen LogP contribution < -0.4 is 10.2 Å². The van der Waals surface area contributed by atoms with Gasteiger partial charge in [0.2, 0.25) is 16.9 Å². The van der Waals surface area contributed by atoms with Crippen LogP contribution in [0.3, 0.4) is 0 Å². The third-order valence-electron chi connectivity index (χ3n) is 4.20. The zero-order valence-corrected chi connectivity index (χ0v) is 16.9. The molecule has 2 heterocycles. The Morgan fingerprint density at radius 3 is 3.00 bits per heavy atom. The van der Waals surface area contributed by atoms with Crippen LogP contribution in [0, 0.1) is 12.8 Å². The summed E-state index contributed by atoms with van der Waals surface area (Å²) >= 11 is 2.88. The summed E-state index contributed by atoms with van der Waals surface area (Å²) in [6.07, 6.45) is 0.203. The Balaban J connectivity index is 1.55. The number of aryl methyl sites for hydroxylation is 1. The van der Waals surface area contributed by atoms with Gasteiger partial charge in [-0.25, -0.2) is 0 Å². The SMILES string of the molecule is CCOCCSc1nnc(NC(=O)[C@H]2CC(=O)N(c3ccccc3C)C2)s1. The molecule has 0 aliphatic carbocycles. The molecule has 1 atom stereocenters. The first kappa shape index (κ1) is 19.8. The van der Waals surface area contributed by atoms with E-state index in [4.69, 9.17) is 4.74 Å². The summed E-state index contributed by atoms with van der Waals surface area (Å²) in [7, 11) is 0. The average molecular weight is 407 g/mol. The number of hydrogen-bond donors (Lipinski definition) is 1. The van der Waals surface area contributed by atoms with E-state index in [0.29, 0.717) is 24.9 Å². The van der Waals surface area contributed by atoms with Crippen LogP contribution >= 0.6 is 23.1 Å². The maximum Gasteiger partial charge on any atom is 0.231 e. The minimum atomic E-state index is -0.393. The van der Waals surface area contributed by atoms with Gasteiger partial charge < -0.3 is 15.0 Å². The van der Waals surface area contributed by atoms with Crippen molar-refractivity contribution in [2.45, 2.75) is 24.6 Å². The van der Waals surface area contributed by atoms with Gasteiger partial charge in [0, 0.05) is 31.0 Å². The second kappa shape index (κ2) is 9.29. The highest BCUT2D eigenvalue weighted by Crippen LogP contribution is 2.29. The topological polar surface area (TPSA) is 84.4 Å². The van der Waals surface area contributed by atoms with Crippen LogP contribution in [0.1, 0.15) is 18.9 Å². The number of para-hydroxylation sites is 1. The number of aromatic nitrogens is 2. The van der Waals surface area contributed by atoms with Crippen LogP contribution in [0.15, 0.2) is 28.6 Å². The highest BCUT2D eigenvalue weighted by molar-refractivity contribution is 8.01. The van der Waals surface area contributed by atoms with Crippen molar-refractivity contribution >= 4 is 45.7 Å². The van der Waals surface area contributed by atoms with E-state index in [1.165, 1.54) is 11.3 Å². The lowest BCUT2D eigenvalue weighted by atomic mass is 10.1. The molecule has 1 aromatic heterocycles. The molecule has 3 rings (SSSR count). The fraction of sp³-hybridized carbons (Fsp3) is 0.444. The van der Waals surface area contributed by atoms with Crippen molar-refractivity contribution in [2.24, 2.45) is 5.92 Å². The largest absolute Gasteiger partial charge is 0.381 e. The average Bonchev–Trinajstić information content (AvgIpc) is 3.26. The Kier molecular flexibility index (Phi) is 6.81.